The maximum absolute atomic E-state index is 12.4. The van der Waals surface area contributed by atoms with Crippen molar-refractivity contribution in [2.45, 2.75) is 6.92 Å². The van der Waals surface area contributed by atoms with Gasteiger partial charge in [-0.25, -0.2) is 9.79 Å². The number of halogens is 2. The van der Waals surface area contributed by atoms with Crippen molar-refractivity contribution in [3.63, 3.8) is 0 Å². The smallest absolute Gasteiger partial charge is 0.343 e. The van der Waals surface area contributed by atoms with Gasteiger partial charge in [-0.1, -0.05) is 17.7 Å². The van der Waals surface area contributed by atoms with E-state index in [0.717, 1.165) is 5.56 Å². The van der Waals surface area contributed by atoms with Gasteiger partial charge in [-0.15, -0.1) is 0 Å². The number of esters is 1. The number of carbonyl (C=O) groups excluding carboxylic acids is 2. The monoisotopic (exact) mass is 524 g/mol. The Bertz CT molecular complexity index is 1100. The number of amides is 1. The first kappa shape index (κ1) is 23.2. The first-order valence-electron chi connectivity index (χ1n) is 8.94. The molecule has 1 aliphatic rings. The number of nitrogens with one attached hydrogen (secondary N) is 1. The van der Waals surface area contributed by atoms with Gasteiger partial charge in [0.1, 0.15) is 0 Å². The Balaban J connectivity index is 1.85. The molecule has 0 bridgehead atoms. The highest BCUT2D eigenvalue weighted by atomic mass is 79.9. The SMILES string of the molecule is COC(=O)COc1c(Br)cc(/C=C2/SC(=Nc3cccc(Cl)c3C)NC2=O)cc1OC. The number of nitrogens with zero attached hydrogens (tertiary/aromatic N) is 1. The largest absolute Gasteiger partial charge is 0.493 e. The molecule has 1 fully saturated rings. The minimum Gasteiger partial charge on any atom is -0.493 e. The summed E-state index contributed by atoms with van der Waals surface area (Å²) < 4.78 is 16.0. The molecule has 0 unspecified atom stereocenters. The molecule has 0 spiro atoms. The summed E-state index contributed by atoms with van der Waals surface area (Å²) in [5.41, 5.74) is 2.22. The molecule has 31 heavy (non-hydrogen) atoms. The highest BCUT2D eigenvalue weighted by Gasteiger charge is 2.24. The molecule has 2 aromatic carbocycles. The molecule has 2 aromatic rings. The minimum atomic E-state index is -0.513. The number of hydrogen-bond donors (Lipinski definition) is 1. The molecule has 0 atom stereocenters. The summed E-state index contributed by atoms with van der Waals surface area (Å²) in [6, 6.07) is 8.88. The summed E-state index contributed by atoms with van der Waals surface area (Å²) in [6.07, 6.45) is 1.71. The van der Waals surface area contributed by atoms with Crippen molar-refractivity contribution in [3.8, 4) is 11.5 Å². The van der Waals surface area contributed by atoms with E-state index in [1.807, 2.05) is 13.0 Å². The topological polar surface area (TPSA) is 86.2 Å². The van der Waals surface area contributed by atoms with Crippen LogP contribution < -0.4 is 14.8 Å². The molecule has 3 rings (SSSR count). The number of methoxy groups -OCH3 is 2. The average Bonchev–Trinajstić information content (AvgIpc) is 3.08. The lowest BCUT2D eigenvalue weighted by Gasteiger charge is -2.13. The van der Waals surface area contributed by atoms with Gasteiger partial charge in [0.25, 0.3) is 5.91 Å². The van der Waals surface area contributed by atoms with Gasteiger partial charge in [-0.2, -0.15) is 0 Å². The summed E-state index contributed by atoms with van der Waals surface area (Å²) in [6.45, 7) is 1.61. The van der Waals surface area contributed by atoms with Gasteiger partial charge >= 0.3 is 5.97 Å². The van der Waals surface area contributed by atoms with Crippen molar-refractivity contribution in [1.29, 1.82) is 0 Å². The molecule has 0 aromatic heterocycles. The van der Waals surface area contributed by atoms with Crippen molar-refractivity contribution in [3.05, 3.63) is 55.9 Å². The molecule has 0 radical (unpaired) electrons. The lowest BCUT2D eigenvalue weighted by molar-refractivity contribution is -0.142. The fraction of sp³-hybridized carbons (Fsp3) is 0.190. The van der Waals surface area contributed by atoms with Crippen molar-refractivity contribution in [2.24, 2.45) is 4.99 Å². The summed E-state index contributed by atoms with van der Waals surface area (Å²) in [7, 11) is 2.77. The molecule has 1 aliphatic heterocycles. The predicted molar refractivity (Wildman–Crippen MR) is 125 cm³/mol. The summed E-state index contributed by atoms with van der Waals surface area (Å²) in [5, 5.41) is 3.83. The lowest BCUT2D eigenvalue weighted by Crippen LogP contribution is -2.19. The zero-order chi connectivity index (χ0) is 22.5. The average molecular weight is 526 g/mol. The molecule has 0 aliphatic carbocycles. The zero-order valence-corrected chi connectivity index (χ0v) is 20.0. The van der Waals surface area contributed by atoms with Crippen LogP contribution >= 0.6 is 39.3 Å². The number of aliphatic imine (C=N–C) groups is 1. The van der Waals surface area contributed by atoms with Gasteiger partial charge < -0.3 is 19.5 Å². The van der Waals surface area contributed by atoms with E-state index in [9.17, 15) is 9.59 Å². The summed E-state index contributed by atoms with van der Waals surface area (Å²) >= 11 is 10.8. The van der Waals surface area contributed by atoms with Crippen molar-refractivity contribution in [1.82, 2.24) is 5.32 Å². The molecule has 1 saturated heterocycles. The number of amidine groups is 1. The van der Waals surface area contributed by atoms with Crippen molar-refractivity contribution < 1.29 is 23.8 Å². The van der Waals surface area contributed by atoms with Gasteiger partial charge in [0.05, 0.1) is 29.3 Å². The Morgan fingerprint density at radius 3 is 2.81 bits per heavy atom. The molecule has 162 valence electrons. The van der Waals surface area contributed by atoms with Gasteiger partial charge in [-0.3, -0.25) is 4.79 Å². The molecular weight excluding hydrogens is 508 g/mol. The number of hydrogen-bond acceptors (Lipinski definition) is 7. The third-order valence-electron chi connectivity index (χ3n) is 4.22. The second kappa shape index (κ2) is 10.2. The number of ether oxygens (including phenoxy) is 3. The second-order valence-electron chi connectivity index (χ2n) is 6.26. The molecule has 10 heteroatoms. The molecular formula is C21H18BrClN2O5S. The number of benzene rings is 2. The van der Waals surface area contributed by atoms with Crippen LogP contribution in [0, 0.1) is 6.92 Å². The van der Waals surface area contributed by atoms with Crippen LogP contribution in [0.4, 0.5) is 5.69 Å². The van der Waals surface area contributed by atoms with E-state index in [0.29, 0.717) is 42.3 Å². The fourth-order valence-electron chi connectivity index (χ4n) is 2.61. The van der Waals surface area contributed by atoms with Crippen LogP contribution in [-0.2, 0) is 14.3 Å². The summed E-state index contributed by atoms with van der Waals surface area (Å²) in [5.74, 6) is -0.0142. The van der Waals surface area contributed by atoms with E-state index in [2.05, 4.69) is 31.0 Å². The maximum Gasteiger partial charge on any atom is 0.343 e. The maximum atomic E-state index is 12.4. The fourth-order valence-corrected chi connectivity index (χ4v) is 4.19. The molecule has 1 N–H and O–H groups in total. The lowest BCUT2D eigenvalue weighted by atomic mass is 10.2. The van der Waals surface area contributed by atoms with E-state index in [1.54, 1.807) is 30.3 Å². The Kier molecular flexibility index (Phi) is 7.64. The Morgan fingerprint density at radius 2 is 2.10 bits per heavy atom. The van der Waals surface area contributed by atoms with Crippen LogP contribution in [0.25, 0.3) is 6.08 Å². The first-order chi connectivity index (χ1) is 14.8. The quantitative estimate of drug-likeness (QED) is 0.428. The van der Waals surface area contributed by atoms with Gasteiger partial charge in [0.15, 0.2) is 23.3 Å². The standard InChI is InChI=1S/C21H18BrClN2O5S/c1-11-14(23)5-4-6-15(11)24-21-25-20(27)17(31-21)9-12-7-13(22)19(16(8-12)28-2)30-10-18(26)29-3/h4-9H,10H2,1-3H3,(H,24,25,27)/b17-9+. The van der Waals surface area contributed by atoms with Gasteiger partial charge in [0.2, 0.25) is 0 Å². The number of thioether (sulfide) groups is 1. The van der Waals surface area contributed by atoms with E-state index in [1.165, 1.54) is 26.0 Å². The molecule has 7 nitrogen and oxygen atoms in total. The third kappa shape index (κ3) is 5.61. The molecule has 1 amide bonds. The van der Waals surface area contributed by atoms with Crippen LogP contribution in [0.1, 0.15) is 11.1 Å². The second-order valence-corrected chi connectivity index (χ2v) is 8.56. The van der Waals surface area contributed by atoms with E-state index >= 15 is 0 Å². The summed E-state index contributed by atoms with van der Waals surface area (Å²) in [4.78, 5) is 28.7. The highest BCUT2D eigenvalue weighted by Crippen LogP contribution is 2.38. The third-order valence-corrected chi connectivity index (χ3v) is 6.13. The molecule has 1 heterocycles. The van der Waals surface area contributed by atoms with Crippen LogP contribution in [0.3, 0.4) is 0 Å². The van der Waals surface area contributed by atoms with E-state index in [-0.39, 0.29) is 12.5 Å². The van der Waals surface area contributed by atoms with Gasteiger partial charge in [-0.05, 0) is 76.1 Å². The van der Waals surface area contributed by atoms with E-state index in [4.69, 9.17) is 21.1 Å². The Morgan fingerprint density at radius 1 is 1.32 bits per heavy atom. The van der Waals surface area contributed by atoms with Crippen LogP contribution in [-0.4, -0.2) is 37.9 Å². The van der Waals surface area contributed by atoms with Crippen molar-refractivity contribution in [2.75, 3.05) is 20.8 Å². The van der Waals surface area contributed by atoms with Crippen molar-refractivity contribution >= 4 is 68.1 Å². The highest BCUT2D eigenvalue weighted by molar-refractivity contribution is 9.10. The number of rotatable bonds is 6. The van der Waals surface area contributed by atoms with Gasteiger partial charge in [0, 0.05) is 5.02 Å². The first-order valence-corrected chi connectivity index (χ1v) is 10.9. The van der Waals surface area contributed by atoms with Crippen LogP contribution in [0.2, 0.25) is 5.02 Å². The predicted octanol–water partition coefficient (Wildman–Crippen LogP) is 4.86. The van der Waals surface area contributed by atoms with Crippen LogP contribution in [0.15, 0.2) is 44.7 Å². The zero-order valence-electron chi connectivity index (χ0n) is 16.8. The Hall–Kier alpha value is -2.49. The Labute approximate surface area is 196 Å². The minimum absolute atomic E-state index is 0.257. The number of carbonyl (C=O) groups is 2. The van der Waals surface area contributed by atoms with Crippen LogP contribution in [0.5, 0.6) is 11.5 Å². The normalized spacial score (nSPS) is 15.8. The molecule has 0 saturated carbocycles. The van der Waals surface area contributed by atoms with E-state index < -0.39 is 5.97 Å².